The molecule has 5 nitrogen and oxygen atoms in total. The summed E-state index contributed by atoms with van der Waals surface area (Å²) in [7, 11) is 0. The number of hydrogen-bond acceptors (Lipinski definition) is 3. The average molecular weight is 275 g/mol. The third kappa shape index (κ3) is 6.04. The normalized spacial score (nSPS) is 9.65. The summed E-state index contributed by atoms with van der Waals surface area (Å²) >= 11 is 0. The molecular weight excluding hydrogens is 254 g/mol. The smallest absolute Gasteiger partial charge is 0.239 e. The van der Waals surface area contributed by atoms with Crippen molar-refractivity contribution in [2.45, 2.75) is 19.8 Å². The molecule has 0 fully saturated rings. The van der Waals surface area contributed by atoms with Gasteiger partial charge in [-0.2, -0.15) is 0 Å². The lowest BCUT2D eigenvalue weighted by molar-refractivity contribution is -0.119. The molecular formula is C15H21N3O2. The first-order valence-corrected chi connectivity index (χ1v) is 6.67. The zero-order valence-electron chi connectivity index (χ0n) is 11.7. The van der Waals surface area contributed by atoms with Crippen molar-refractivity contribution in [2.24, 2.45) is 0 Å². The lowest BCUT2D eigenvalue weighted by Crippen LogP contribution is -2.29. The number of amides is 2. The second-order valence-corrected chi connectivity index (χ2v) is 4.33. The molecule has 0 heterocycles. The molecule has 1 aromatic carbocycles. The number of rotatable bonds is 8. The van der Waals surface area contributed by atoms with Gasteiger partial charge in [0.1, 0.15) is 0 Å². The highest BCUT2D eigenvalue weighted by molar-refractivity contribution is 5.91. The quantitative estimate of drug-likeness (QED) is 0.637. The first kappa shape index (κ1) is 15.8. The van der Waals surface area contributed by atoms with Crippen LogP contribution in [-0.4, -0.2) is 24.9 Å². The van der Waals surface area contributed by atoms with Gasteiger partial charge in [-0.05, 0) is 24.6 Å². The second kappa shape index (κ2) is 8.74. The summed E-state index contributed by atoms with van der Waals surface area (Å²) in [6.07, 6.45) is 2.94. The van der Waals surface area contributed by atoms with E-state index < -0.39 is 0 Å². The summed E-state index contributed by atoms with van der Waals surface area (Å²) in [6, 6.07) is 7.28. The van der Waals surface area contributed by atoms with Crippen molar-refractivity contribution in [1.29, 1.82) is 0 Å². The summed E-state index contributed by atoms with van der Waals surface area (Å²) in [6.45, 7) is 6.12. The molecule has 0 radical (unpaired) electrons. The Hall–Kier alpha value is -2.30. The lowest BCUT2D eigenvalue weighted by Gasteiger charge is -2.09. The van der Waals surface area contributed by atoms with Crippen molar-refractivity contribution in [3.8, 4) is 0 Å². The molecule has 0 spiro atoms. The first-order valence-electron chi connectivity index (χ1n) is 6.67. The van der Waals surface area contributed by atoms with Crippen molar-refractivity contribution in [1.82, 2.24) is 5.32 Å². The molecule has 1 rings (SSSR count). The topological polar surface area (TPSA) is 70.2 Å². The van der Waals surface area contributed by atoms with Crippen LogP contribution < -0.4 is 16.0 Å². The van der Waals surface area contributed by atoms with Gasteiger partial charge in [-0.1, -0.05) is 19.1 Å². The van der Waals surface area contributed by atoms with E-state index in [4.69, 9.17) is 0 Å². The molecule has 0 unspecified atom stereocenters. The van der Waals surface area contributed by atoms with E-state index in [1.807, 2.05) is 25.1 Å². The molecule has 0 aliphatic heterocycles. The Morgan fingerprint density at radius 1 is 1.25 bits per heavy atom. The van der Waals surface area contributed by atoms with E-state index in [-0.39, 0.29) is 18.4 Å². The molecule has 0 bridgehead atoms. The maximum atomic E-state index is 11.5. The van der Waals surface area contributed by atoms with Gasteiger partial charge < -0.3 is 16.0 Å². The molecule has 0 saturated heterocycles. The highest BCUT2D eigenvalue weighted by Crippen LogP contribution is 2.15. The van der Waals surface area contributed by atoms with Crippen molar-refractivity contribution in [2.75, 3.05) is 23.7 Å². The highest BCUT2D eigenvalue weighted by Gasteiger charge is 2.03. The number of anilines is 2. The van der Waals surface area contributed by atoms with E-state index >= 15 is 0 Å². The van der Waals surface area contributed by atoms with Gasteiger partial charge in [0.05, 0.1) is 6.54 Å². The zero-order chi connectivity index (χ0) is 14.8. The van der Waals surface area contributed by atoms with Gasteiger partial charge in [-0.3, -0.25) is 9.59 Å². The Morgan fingerprint density at radius 3 is 2.70 bits per heavy atom. The number of nitrogens with one attached hydrogen (secondary N) is 3. The Balaban J connectivity index is 2.49. The molecule has 1 aromatic rings. The fourth-order valence-corrected chi connectivity index (χ4v) is 1.59. The first-order chi connectivity index (χ1) is 9.65. The maximum Gasteiger partial charge on any atom is 0.239 e. The number of hydrogen-bond donors (Lipinski definition) is 3. The Labute approximate surface area is 119 Å². The van der Waals surface area contributed by atoms with Gasteiger partial charge in [0, 0.05) is 24.3 Å². The van der Waals surface area contributed by atoms with E-state index in [1.165, 1.54) is 0 Å². The molecule has 2 amide bonds. The minimum absolute atomic E-state index is 0.00613. The second-order valence-electron chi connectivity index (χ2n) is 4.33. The minimum Gasteiger partial charge on any atom is -0.376 e. The van der Waals surface area contributed by atoms with Crippen LogP contribution in [0.2, 0.25) is 0 Å². The summed E-state index contributed by atoms with van der Waals surface area (Å²) in [5.41, 5.74) is 1.51. The van der Waals surface area contributed by atoms with Crippen LogP contribution in [0.1, 0.15) is 19.8 Å². The van der Waals surface area contributed by atoms with Crippen LogP contribution in [0.3, 0.4) is 0 Å². The van der Waals surface area contributed by atoms with Gasteiger partial charge in [0.2, 0.25) is 11.8 Å². The standard InChI is InChI=1S/C15H21N3O2/c1-3-6-14(19)18-13-8-5-7-12(10-13)17-11-15(20)16-9-4-2/h4-5,7-8,10,17H,2-3,6,9,11H2,1H3,(H,16,20)(H,18,19). The predicted molar refractivity (Wildman–Crippen MR) is 81.7 cm³/mol. The Bertz CT molecular complexity index is 472. The lowest BCUT2D eigenvalue weighted by atomic mass is 10.2. The summed E-state index contributed by atoms with van der Waals surface area (Å²) < 4.78 is 0. The van der Waals surface area contributed by atoms with E-state index in [9.17, 15) is 9.59 Å². The molecule has 3 N–H and O–H groups in total. The Kier molecular flexibility index (Phi) is 6.89. The van der Waals surface area contributed by atoms with E-state index in [2.05, 4.69) is 22.5 Å². The van der Waals surface area contributed by atoms with Gasteiger partial charge in [0.25, 0.3) is 0 Å². The van der Waals surface area contributed by atoms with Gasteiger partial charge >= 0.3 is 0 Å². The van der Waals surface area contributed by atoms with Crippen LogP contribution >= 0.6 is 0 Å². The molecule has 0 aliphatic carbocycles. The molecule has 0 aromatic heterocycles. The van der Waals surface area contributed by atoms with Crippen LogP contribution in [0, 0.1) is 0 Å². The fourth-order valence-electron chi connectivity index (χ4n) is 1.59. The summed E-state index contributed by atoms with van der Waals surface area (Å²) in [5, 5.41) is 8.49. The number of carbonyl (C=O) groups excluding carboxylic acids is 2. The van der Waals surface area contributed by atoms with Crippen molar-refractivity contribution < 1.29 is 9.59 Å². The van der Waals surface area contributed by atoms with Crippen LogP contribution in [0.5, 0.6) is 0 Å². The molecule has 20 heavy (non-hydrogen) atoms. The van der Waals surface area contributed by atoms with Gasteiger partial charge in [-0.15, -0.1) is 6.58 Å². The van der Waals surface area contributed by atoms with E-state index in [0.29, 0.717) is 13.0 Å². The van der Waals surface area contributed by atoms with E-state index in [0.717, 1.165) is 17.8 Å². The van der Waals surface area contributed by atoms with Crippen LogP contribution in [0.15, 0.2) is 36.9 Å². The SMILES string of the molecule is C=CCNC(=O)CNc1cccc(NC(=O)CCC)c1. The number of carbonyl (C=O) groups is 2. The van der Waals surface area contributed by atoms with Crippen molar-refractivity contribution in [3.05, 3.63) is 36.9 Å². The van der Waals surface area contributed by atoms with E-state index in [1.54, 1.807) is 12.1 Å². The third-order valence-corrected chi connectivity index (χ3v) is 2.52. The van der Waals surface area contributed by atoms with Crippen LogP contribution in [-0.2, 0) is 9.59 Å². The Morgan fingerprint density at radius 2 is 2.00 bits per heavy atom. The monoisotopic (exact) mass is 275 g/mol. The molecule has 0 atom stereocenters. The highest BCUT2D eigenvalue weighted by atomic mass is 16.2. The molecule has 0 saturated carbocycles. The fraction of sp³-hybridized carbons (Fsp3) is 0.333. The van der Waals surface area contributed by atoms with Crippen LogP contribution in [0.25, 0.3) is 0 Å². The maximum absolute atomic E-state index is 11.5. The van der Waals surface area contributed by atoms with Crippen molar-refractivity contribution >= 4 is 23.2 Å². The minimum atomic E-state index is -0.106. The van der Waals surface area contributed by atoms with Crippen LogP contribution in [0.4, 0.5) is 11.4 Å². The van der Waals surface area contributed by atoms with Gasteiger partial charge in [-0.25, -0.2) is 0 Å². The molecule has 5 heteroatoms. The van der Waals surface area contributed by atoms with Gasteiger partial charge in [0.15, 0.2) is 0 Å². The number of benzene rings is 1. The largest absolute Gasteiger partial charge is 0.376 e. The predicted octanol–water partition coefficient (Wildman–Crippen LogP) is 2.14. The third-order valence-electron chi connectivity index (χ3n) is 2.52. The molecule has 108 valence electrons. The zero-order valence-corrected chi connectivity index (χ0v) is 11.7. The summed E-state index contributed by atoms with van der Waals surface area (Å²) in [4.78, 5) is 22.9. The molecule has 0 aliphatic rings. The summed E-state index contributed by atoms with van der Waals surface area (Å²) in [5.74, 6) is -0.112. The average Bonchev–Trinajstić information content (AvgIpc) is 2.43. The van der Waals surface area contributed by atoms with Crippen molar-refractivity contribution in [3.63, 3.8) is 0 Å².